The second-order valence-electron chi connectivity index (χ2n) is 4.38. The van der Waals surface area contributed by atoms with E-state index in [9.17, 15) is 4.39 Å². The fourth-order valence-electron chi connectivity index (χ4n) is 1.70. The predicted octanol–water partition coefficient (Wildman–Crippen LogP) is 2.24. The van der Waals surface area contributed by atoms with Crippen molar-refractivity contribution in [2.24, 2.45) is 0 Å². The van der Waals surface area contributed by atoms with Gasteiger partial charge in [-0.25, -0.2) is 14.1 Å². The second kappa shape index (κ2) is 5.79. The Morgan fingerprint density at radius 1 is 1.37 bits per heavy atom. The number of nitrogens with one attached hydrogen (secondary N) is 1. The van der Waals surface area contributed by atoms with Gasteiger partial charge in [0.25, 0.3) is 0 Å². The summed E-state index contributed by atoms with van der Waals surface area (Å²) in [7, 11) is 1.65. The van der Waals surface area contributed by atoms with Gasteiger partial charge in [-0.2, -0.15) is 5.10 Å². The number of nitrogens with zero attached hydrogens (tertiary/aromatic N) is 3. The van der Waals surface area contributed by atoms with Crippen molar-refractivity contribution < 1.29 is 9.13 Å². The third-order valence-corrected chi connectivity index (χ3v) is 3.08. The lowest BCUT2D eigenvalue weighted by molar-refractivity contribution is 0.106. The van der Waals surface area contributed by atoms with Crippen molar-refractivity contribution in [2.75, 3.05) is 12.4 Å². The molecule has 0 saturated heterocycles. The molecule has 0 bridgehead atoms. The van der Waals surface area contributed by atoms with Crippen molar-refractivity contribution in [3.63, 3.8) is 0 Å². The normalized spacial score (nSPS) is 14.1. The highest BCUT2D eigenvalue weighted by Gasteiger charge is 2.12. The van der Waals surface area contributed by atoms with Gasteiger partial charge in [-0.15, -0.1) is 0 Å². The van der Waals surface area contributed by atoms with Crippen LogP contribution >= 0.6 is 0 Å². The number of anilines is 1. The molecule has 0 fully saturated rings. The third kappa shape index (κ3) is 3.08. The maximum absolute atomic E-state index is 14.0. The molecule has 0 spiro atoms. The monoisotopic (exact) mass is 264 g/mol. The molecular weight excluding hydrogens is 247 g/mol. The Balaban J connectivity index is 2.15. The first kappa shape index (κ1) is 13.5. The van der Waals surface area contributed by atoms with Crippen LogP contribution in [0.25, 0.3) is 5.69 Å². The van der Waals surface area contributed by atoms with Gasteiger partial charge in [-0.05, 0) is 32.0 Å². The quantitative estimate of drug-likeness (QED) is 0.900. The van der Waals surface area contributed by atoms with Crippen LogP contribution in [-0.2, 0) is 4.74 Å². The maximum atomic E-state index is 14.0. The van der Waals surface area contributed by atoms with E-state index in [0.717, 1.165) is 0 Å². The van der Waals surface area contributed by atoms with Crippen LogP contribution in [0.4, 0.5) is 10.1 Å². The summed E-state index contributed by atoms with van der Waals surface area (Å²) in [6, 6.07) is 4.99. The number of benzene rings is 1. The van der Waals surface area contributed by atoms with E-state index in [0.29, 0.717) is 11.4 Å². The van der Waals surface area contributed by atoms with Gasteiger partial charge in [-0.3, -0.25) is 0 Å². The number of methoxy groups -OCH3 is 1. The molecule has 0 amide bonds. The van der Waals surface area contributed by atoms with Crippen LogP contribution in [0.5, 0.6) is 0 Å². The molecule has 0 radical (unpaired) electrons. The number of aromatic nitrogens is 3. The van der Waals surface area contributed by atoms with Crippen LogP contribution in [0.3, 0.4) is 0 Å². The first-order chi connectivity index (χ1) is 9.11. The van der Waals surface area contributed by atoms with Gasteiger partial charge in [0, 0.05) is 18.8 Å². The van der Waals surface area contributed by atoms with E-state index >= 15 is 0 Å². The lowest BCUT2D eigenvalue weighted by Crippen LogP contribution is -2.29. The summed E-state index contributed by atoms with van der Waals surface area (Å²) in [4.78, 5) is 3.80. The average molecular weight is 264 g/mol. The Labute approximate surface area is 111 Å². The largest absolute Gasteiger partial charge is 0.380 e. The number of ether oxygens (including phenoxy) is 1. The zero-order chi connectivity index (χ0) is 13.8. The molecule has 0 saturated carbocycles. The van der Waals surface area contributed by atoms with E-state index in [1.54, 1.807) is 19.2 Å². The fraction of sp³-hybridized carbons (Fsp3) is 0.385. The predicted molar refractivity (Wildman–Crippen MR) is 70.9 cm³/mol. The molecule has 6 heteroatoms. The first-order valence-electron chi connectivity index (χ1n) is 6.05. The highest BCUT2D eigenvalue weighted by atomic mass is 19.1. The topological polar surface area (TPSA) is 52.0 Å². The zero-order valence-corrected chi connectivity index (χ0v) is 11.2. The second-order valence-corrected chi connectivity index (χ2v) is 4.38. The summed E-state index contributed by atoms with van der Waals surface area (Å²) in [6.45, 7) is 3.94. The molecule has 2 aromatic rings. The summed E-state index contributed by atoms with van der Waals surface area (Å²) < 4.78 is 20.6. The van der Waals surface area contributed by atoms with E-state index in [1.165, 1.54) is 23.4 Å². The minimum Gasteiger partial charge on any atom is -0.380 e. The van der Waals surface area contributed by atoms with Crippen LogP contribution in [-0.4, -0.2) is 34.0 Å². The number of rotatable bonds is 5. The maximum Gasteiger partial charge on any atom is 0.150 e. The van der Waals surface area contributed by atoms with E-state index in [4.69, 9.17) is 4.74 Å². The van der Waals surface area contributed by atoms with Crippen molar-refractivity contribution in [1.82, 2.24) is 14.8 Å². The van der Waals surface area contributed by atoms with E-state index in [-0.39, 0.29) is 18.0 Å². The molecule has 102 valence electrons. The molecule has 1 N–H and O–H groups in total. The number of hydrogen-bond acceptors (Lipinski definition) is 4. The third-order valence-electron chi connectivity index (χ3n) is 3.08. The molecule has 19 heavy (non-hydrogen) atoms. The van der Waals surface area contributed by atoms with E-state index in [1.807, 2.05) is 13.8 Å². The Hall–Kier alpha value is -1.95. The fourth-order valence-corrected chi connectivity index (χ4v) is 1.70. The molecule has 5 nitrogen and oxygen atoms in total. The van der Waals surface area contributed by atoms with Crippen LogP contribution in [0.15, 0.2) is 30.9 Å². The summed E-state index contributed by atoms with van der Waals surface area (Å²) in [5.74, 6) is -0.354. The lowest BCUT2D eigenvalue weighted by atomic mass is 10.2. The molecule has 1 aromatic carbocycles. The van der Waals surface area contributed by atoms with Crippen LogP contribution in [0.1, 0.15) is 13.8 Å². The Bertz CT molecular complexity index is 529. The minimum atomic E-state index is -0.354. The van der Waals surface area contributed by atoms with Crippen molar-refractivity contribution in [3.05, 3.63) is 36.7 Å². The summed E-state index contributed by atoms with van der Waals surface area (Å²) >= 11 is 0. The van der Waals surface area contributed by atoms with Gasteiger partial charge >= 0.3 is 0 Å². The van der Waals surface area contributed by atoms with Gasteiger partial charge < -0.3 is 10.1 Å². The standard InChI is InChI=1S/C13H17FN4O/c1-9(10(2)19-3)17-11-4-5-13(12(14)6-11)18-8-15-7-16-18/h4-10,17H,1-3H3. The molecule has 0 aliphatic rings. The van der Waals surface area contributed by atoms with E-state index in [2.05, 4.69) is 15.4 Å². The van der Waals surface area contributed by atoms with Crippen molar-refractivity contribution in [1.29, 1.82) is 0 Å². The molecule has 2 unspecified atom stereocenters. The molecule has 0 aliphatic heterocycles. The zero-order valence-electron chi connectivity index (χ0n) is 11.2. The summed E-state index contributed by atoms with van der Waals surface area (Å²) in [5, 5.41) is 7.10. The number of halogens is 1. The van der Waals surface area contributed by atoms with Gasteiger partial charge in [0.2, 0.25) is 0 Å². The molecule has 0 aliphatic carbocycles. The molecule has 1 heterocycles. The highest BCUT2D eigenvalue weighted by Crippen LogP contribution is 2.18. The number of hydrogen-bond donors (Lipinski definition) is 1. The van der Waals surface area contributed by atoms with Crippen LogP contribution in [0, 0.1) is 5.82 Å². The van der Waals surface area contributed by atoms with Gasteiger partial charge in [0.05, 0.1) is 6.10 Å². The first-order valence-corrected chi connectivity index (χ1v) is 6.05. The average Bonchev–Trinajstić information content (AvgIpc) is 2.91. The van der Waals surface area contributed by atoms with E-state index < -0.39 is 0 Å². The SMILES string of the molecule is COC(C)C(C)Nc1ccc(-n2cncn2)c(F)c1. The molecule has 1 aromatic heterocycles. The van der Waals surface area contributed by atoms with Gasteiger partial charge in [0.15, 0.2) is 5.82 Å². The highest BCUT2D eigenvalue weighted by molar-refractivity contribution is 5.50. The summed E-state index contributed by atoms with van der Waals surface area (Å²) in [5.41, 5.74) is 1.08. The van der Waals surface area contributed by atoms with Crippen LogP contribution in [0.2, 0.25) is 0 Å². The van der Waals surface area contributed by atoms with Gasteiger partial charge in [-0.1, -0.05) is 0 Å². The summed E-state index contributed by atoms with van der Waals surface area (Å²) in [6.07, 6.45) is 2.87. The Kier molecular flexibility index (Phi) is 4.11. The van der Waals surface area contributed by atoms with Crippen molar-refractivity contribution >= 4 is 5.69 Å². The van der Waals surface area contributed by atoms with Crippen LogP contribution < -0.4 is 5.32 Å². The smallest absolute Gasteiger partial charge is 0.150 e. The lowest BCUT2D eigenvalue weighted by Gasteiger charge is -2.21. The van der Waals surface area contributed by atoms with Crippen molar-refractivity contribution in [3.8, 4) is 5.69 Å². The van der Waals surface area contributed by atoms with Gasteiger partial charge in [0.1, 0.15) is 18.3 Å². The molecule has 2 rings (SSSR count). The Morgan fingerprint density at radius 2 is 2.16 bits per heavy atom. The minimum absolute atomic E-state index is 0.0399. The molecule has 2 atom stereocenters. The Morgan fingerprint density at radius 3 is 2.74 bits per heavy atom. The van der Waals surface area contributed by atoms with Crippen molar-refractivity contribution in [2.45, 2.75) is 26.0 Å². The molecular formula is C13H17FN4O.